The van der Waals surface area contributed by atoms with Gasteiger partial charge in [0.15, 0.2) is 0 Å². The molecule has 0 aromatic rings. The molecule has 0 aromatic heterocycles. The van der Waals surface area contributed by atoms with Crippen LogP contribution < -0.4 is 0 Å². The molecule has 2 atom stereocenters. The quantitative estimate of drug-likeness (QED) is 0.558. The van der Waals surface area contributed by atoms with Gasteiger partial charge in [-0.15, -0.1) is 0 Å². The molecule has 0 saturated heterocycles. The van der Waals surface area contributed by atoms with Gasteiger partial charge in [0, 0.05) is 10.8 Å². The molecule has 0 aliphatic heterocycles. The van der Waals surface area contributed by atoms with Crippen molar-refractivity contribution in [2.75, 3.05) is 0 Å². The highest BCUT2D eigenvalue weighted by Gasteiger charge is 2.56. The molecule has 0 spiro atoms. The summed E-state index contributed by atoms with van der Waals surface area (Å²) in [6.07, 6.45) is 13.8. The molecule has 3 aliphatic rings. The van der Waals surface area contributed by atoms with Crippen molar-refractivity contribution in [2.24, 2.45) is 10.8 Å². The summed E-state index contributed by atoms with van der Waals surface area (Å²) in [4.78, 5) is 0. The Morgan fingerprint density at radius 1 is 0.938 bits per heavy atom. The van der Waals surface area contributed by atoms with Gasteiger partial charge >= 0.3 is 0 Å². The second-order valence-corrected chi connectivity index (χ2v) is 5.62. The van der Waals surface area contributed by atoms with E-state index in [-0.39, 0.29) is 10.8 Å². The van der Waals surface area contributed by atoms with E-state index in [0.29, 0.717) is 0 Å². The minimum atomic E-state index is 0.195. The first-order valence-corrected chi connectivity index (χ1v) is 5.98. The lowest BCUT2D eigenvalue weighted by molar-refractivity contribution is 0.216. The Balaban J connectivity index is 2.31. The van der Waals surface area contributed by atoms with Gasteiger partial charge in [-0.05, 0) is 25.0 Å². The first kappa shape index (κ1) is 9.89. The van der Waals surface area contributed by atoms with Crippen LogP contribution in [0.2, 0.25) is 0 Å². The molecule has 0 amide bonds. The lowest BCUT2D eigenvalue weighted by atomic mass is 9.46. The number of hydrogen-bond donors (Lipinski definition) is 0. The van der Waals surface area contributed by atoms with Gasteiger partial charge in [-0.25, -0.2) is 0 Å². The topological polar surface area (TPSA) is 0 Å². The number of allylic oxidation sites excluding steroid dienone is 10. The first-order valence-electron chi connectivity index (χ1n) is 5.98. The zero-order valence-corrected chi connectivity index (χ0v) is 10.5. The normalized spacial score (nSPS) is 39.8. The van der Waals surface area contributed by atoms with Crippen LogP contribution in [0.1, 0.15) is 27.7 Å². The van der Waals surface area contributed by atoms with Gasteiger partial charge in [-0.1, -0.05) is 61.4 Å². The number of rotatable bonds is 0. The van der Waals surface area contributed by atoms with E-state index in [1.807, 2.05) is 0 Å². The minimum Gasteiger partial charge on any atom is -0.0692 e. The predicted molar refractivity (Wildman–Crippen MR) is 69.0 cm³/mol. The summed E-state index contributed by atoms with van der Waals surface area (Å²) in [6, 6.07) is 0. The van der Waals surface area contributed by atoms with Crippen molar-refractivity contribution in [3.05, 3.63) is 58.7 Å². The van der Waals surface area contributed by atoms with Crippen molar-refractivity contribution in [1.82, 2.24) is 0 Å². The predicted octanol–water partition coefficient (Wildman–Crippen LogP) is 4.34. The van der Waals surface area contributed by atoms with Crippen LogP contribution in [0.5, 0.6) is 0 Å². The summed E-state index contributed by atoms with van der Waals surface area (Å²) < 4.78 is 0. The highest BCUT2D eigenvalue weighted by molar-refractivity contribution is 5.62. The van der Waals surface area contributed by atoms with Crippen LogP contribution >= 0.6 is 0 Å². The van der Waals surface area contributed by atoms with Crippen molar-refractivity contribution in [3.63, 3.8) is 0 Å². The molecule has 0 heterocycles. The van der Waals surface area contributed by atoms with Gasteiger partial charge in [0.2, 0.25) is 0 Å². The summed E-state index contributed by atoms with van der Waals surface area (Å²) in [5.74, 6) is 0. The van der Waals surface area contributed by atoms with E-state index in [0.717, 1.165) is 0 Å². The van der Waals surface area contributed by atoms with Crippen LogP contribution in [0, 0.1) is 10.8 Å². The Bertz CT molecular complexity index is 522. The van der Waals surface area contributed by atoms with Crippen molar-refractivity contribution in [3.8, 4) is 0 Å². The van der Waals surface area contributed by atoms with E-state index in [4.69, 9.17) is 0 Å². The average Bonchev–Trinajstić information content (AvgIpc) is 2.35. The highest BCUT2D eigenvalue weighted by atomic mass is 14.6. The van der Waals surface area contributed by atoms with Crippen molar-refractivity contribution in [2.45, 2.75) is 27.7 Å². The number of hydrogen-bond acceptors (Lipinski definition) is 0. The zero-order valence-electron chi connectivity index (χ0n) is 10.5. The molecule has 0 fully saturated rings. The van der Waals surface area contributed by atoms with E-state index in [1.54, 1.807) is 0 Å². The summed E-state index contributed by atoms with van der Waals surface area (Å²) in [5, 5.41) is 0. The molecular formula is C16H18. The second-order valence-electron chi connectivity index (χ2n) is 5.62. The summed E-state index contributed by atoms with van der Waals surface area (Å²) in [7, 11) is 0. The van der Waals surface area contributed by atoms with Gasteiger partial charge in [0.1, 0.15) is 0 Å². The maximum atomic E-state index is 2.43. The van der Waals surface area contributed by atoms with E-state index < -0.39 is 0 Å². The standard InChI is InChI=1S/C16H18/c1-11-5-7-14-10-15(3)12(2)6-8-13(9-11)16(14,15)4/h5-10H,1-4H3. The van der Waals surface area contributed by atoms with Gasteiger partial charge < -0.3 is 0 Å². The lowest BCUT2D eigenvalue weighted by Gasteiger charge is -2.57. The third kappa shape index (κ3) is 0.870. The summed E-state index contributed by atoms with van der Waals surface area (Å²) in [5.41, 5.74) is 6.17. The van der Waals surface area contributed by atoms with Crippen LogP contribution in [0.25, 0.3) is 0 Å². The SMILES string of the molecule is CC1=CC2=CC=C(C)C3(C)C=C(C=C1)C23C. The van der Waals surface area contributed by atoms with E-state index in [9.17, 15) is 0 Å². The van der Waals surface area contributed by atoms with Crippen molar-refractivity contribution in [1.29, 1.82) is 0 Å². The molecule has 0 saturated carbocycles. The molecule has 0 radical (unpaired) electrons. The third-order valence-electron chi connectivity index (χ3n) is 4.88. The van der Waals surface area contributed by atoms with E-state index >= 15 is 0 Å². The van der Waals surface area contributed by atoms with Crippen LogP contribution in [0.3, 0.4) is 0 Å². The van der Waals surface area contributed by atoms with Crippen LogP contribution in [-0.4, -0.2) is 0 Å². The van der Waals surface area contributed by atoms with Gasteiger partial charge in [-0.3, -0.25) is 0 Å². The molecule has 16 heavy (non-hydrogen) atoms. The Morgan fingerprint density at radius 3 is 2.44 bits per heavy atom. The fraction of sp³-hybridized carbons (Fsp3) is 0.375. The molecule has 0 aromatic carbocycles. The van der Waals surface area contributed by atoms with Crippen LogP contribution in [0.15, 0.2) is 58.7 Å². The maximum Gasteiger partial charge on any atom is 0.0297 e. The molecule has 2 unspecified atom stereocenters. The molecule has 0 heteroatoms. The maximum absolute atomic E-state index is 2.43. The molecule has 0 bridgehead atoms. The monoisotopic (exact) mass is 210 g/mol. The van der Waals surface area contributed by atoms with Crippen molar-refractivity contribution >= 4 is 0 Å². The Morgan fingerprint density at radius 2 is 1.69 bits per heavy atom. The fourth-order valence-corrected chi connectivity index (χ4v) is 3.27. The lowest BCUT2D eigenvalue weighted by Crippen LogP contribution is -2.48. The fourth-order valence-electron chi connectivity index (χ4n) is 3.27. The molecule has 3 aliphatic carbocycles. The molecular weight excluding hydrogens is 192 g/mol. The van der Waals surface area contributed by atoms with Crippen molar-refractivity contribution < 1.29 is 0 Å². The minimum absolute atomic E-state index is 0.195. The summed E-state index contributed by atoms with van der Waals surface area (Å²) in [6.45, 7) is 9.16. The smallest absolute Gasteiger partial charge is 0.0297 e. The Kier molecular flexibility index (Phi) is 1.66. The third-order valence-corrected chi connectivity index (χ3v) is 4.88. The van der Waals surface area contributed by atoms with Gasteiger partial charge in [0.05, 0.1) is 0 Å². The zero-order chi connectivity index (χ0) is 11.6. The van der Waals surface area contributed by atoms with Gasteiger partial charge in [-0.2, -0.15) is 0 Å². The first-order chi connectivity index (χ1) is 7.48. The van der Waals surface area contributed by atoms with Crippen LogP contribution in [0.4, 0.5) is 0 Å². The molecule has 3 rings (SSSR count). The summed E-state index contributed by atoms with van der Waals surface area (Å²) >= 11 is 0. The molecule has 82 valence electrons. The molecule has 0 N–H and O–H groups in total. The second kappa shape index (κ2) is 2.68. The average molecular weight is 210 g/mol. The van der Waals surface area contributed by atoms with E-state index in [2.05, 4.69) is 64.2 Å². The molecule has 0 nitrogen and oxygen atoms in total. The Labute approximate surface area is 97.7 Å². The Hall–Kier alpha value is -1.30. The largest absolute Gasteiger partial charge is 0.0692 e. The van der Waals surface area contributed by atoms with Gasteiger partial charge in [0.25, 0.3) is 0 Å². The van der Waals surface area contributed by atoms with E-state index in [1.165, 1.54) is 22.3 Å². The van der Waals surface area contributed by atoms with Crippen LogP contribution in [-0.2, 0) is 0 Å². The highest BCUT2D eigenvalue weighted by Crippen LogP contribution is 2.65.